The first kappa shape index (κ1) is 33.2. The minimum absolute atomic E-state index is 0.00440. The van der Waals surface area contributed by atoms with E-state index < -0.39 is 30.4 Å². The van der Waals surface area contributed by atoms with Gasteiger partial charge in [-0.3, -0.25) is 4.79 Å². The van der Waals surface area contributed by atoms with E-state index in [1.54, 1.807) is 0 Å². The number of aryl methyl sites for hydroxylation is 2. The van der Waals surface area contributed by atoms with Crippen molar-refractivity contribution in [1.29, 1.82) is 0 Å². The molecule has 46 heavy (non-hydrogen) atoms. The zero-order valence-electron chi connectivity index (χ0n) is 26.7. The van der Waals surface area contributed by atoms with E-state index in [1.165, 1.54) is 0 Å². The van der Waals surface area contributed by atoms with E-state index in [9.17, 15) is 14.7 Å². The lowest BCUT2D eigenvalue weighted by Gasteiger charge is -2.29. The average Bonchev–Trinajstić information content (AvgIpc) is 3.66. The maximum absolute atomic E-state index is 13.2. The van der Waals surface area contributed by atoms with Gasteiger partial charge in [-0.15, -0.1) is 0 Å². The second-order valence-corrected chi connectivity index (χ2v) is 12.1. The first-order chi connectivity index (χ1) is 22.3. The molecule has 246 valence electrons. The molecule has 4 N–H and O–H groups in total. The Morgan fingerprint density at radius 1 is 0.935 bits per heavy atom. The molecular formula is C36H45N3O7. The highest BCUT2D eigenvalue weighted by molar-refractivity contribution is 5.78. The third-order valence-corrected chi connectivity index (χ3v) is 8.62. The number of aliphatic hydroxyl groups excluding tert-OH is 1. The molecule has 5 rings (SSSR count). The lowest BCUT2D eigenvalue weighted by molar-refractivity contribution is -0.124. The molecular weight excluding hydrogens is 586 g/mol. The molecule has 1 unspecified atom stereocenters. The van der Waals surface area contributed by atoms with Crippen molar-refractivity contribution < 1.29 is 33.6 Å². The topological polar surface area (TPSA) is 127 Å². The maximum atomic E-state index is 13.2. The van der Waals surface area contributed by atoms with E-state index in [2.05, 4.69) is 16.0 Å². The molecule has 6 atom stereocenters. The maximum Gasteiger partial charge on any atom is 0.407 e. The molecule has 2 aliphatic heterocycles. The number of carbonyl (C=O) groups excluding carboxylic acids is 2. The van der Waals surface area contributed by atoms with Crippen molar-refractivity contribution in [3.63, 3.8) is 0 Å². The van der Waals surface area contributed by atoms with Crippen LogP contribution in [0.15, 0.2) is 72.8 Å². The molecule has 0 spiro atoms. The third kappa shape index (κ3) is 8.99. The van der Waals surface area contributed by atoms with Gasteiger partial charge in [-0.1, -0.05) is 60.7 Å². The molecule has 0 aliphatic carbocycles. The Morgan fingerprint density at radius 2 is 1.59 bits per heavy atom. The van der Waals surface area contributed by atoms with Crippen LogP contribution in [0.5, 0.6) is 5.75 Å². The van der Waals surface area contributed by atoms with Crippen molar-refractivity contribution >= 4 is 17.7 Å². The summed E-state index contributed by atoms with van der Waals surface area (Å²) in [5, 5.41) is 20.7. The summed E-state index contributed by atoms with van der Waals surface area (Å²) in [5.74, 6) is 0.374. The lowest BCUT2D eigenvalue weighted by atomic mass is 9.93. The fraction of sp³-hybridized carbons (Fsp3) is 0.444. The predicted octanol–water partition coefficient (Wildman–Crippen LogP) is 4.30. The number of hydrogen-bond donors (Lipinski definition) is 4. The van der Waals surface area contributed by atoms with Gasteiger partial charge in [0.15, 0.2) is 12.9 Å². The highest BCUT2D eigenvalue weighted by Crippen LogP contribution is 2.33. The number of anilines is 1. The van der Waals surface area contributed by atoms with Gasteiger partial charge in [0.1, 0.15) is 11.9 Å². The summed E-state index contributed by atoms with van der Waals surface area (Å²) < 4.78 is 22.9. The van der Waals surface area contributed by atoms with E-state index in [4.69, 9.17) is 18.9 Å². The molecule has 3 aromatic carbocycles. The molecule has 0 radical (unpaired) electrons. The molecule has 2 heterocycles. The van der Waals surface area contributed by atoms with E-state index in [1.807, 2.05) is 93.7 Å². The van der Waals surface area contributed by atoms with E-state index in [0.29, 0.717) is 25.2 Å². The molecule has 10 nitrogen and oxygen atoms in total. The zero-order chi connectivity index (χ0) is 32.5. The third-order valence-electron chi connectivity index (χ3n) is 8.62. The van der Waals surface area contributed by atoms with Crippen LogP contribution in [-0.2, 0) is 31.8 Å². The second kappa shape index (κ2) is 15.9. The molecule has 0 aromatic heterocycles. The number of carbonyl (C=O) groups is 2. The molecule has 2 aliphatic rings. The van der Waals surface area contributed by atoms with Gasteiger partial charge in [0.05, 0.1) is 31.3 Å². The fourth-order valence-electron chi connectivity index (χ4n) is 6.30. The Kier molecular flexibility index (Phi) is 11.5. The van der Waals surface area contributed by atoms with Crippen LogP contribution in [0, 0.1) is 19.8 Å². The minimum atomic E-state index is -0.997. The summed E-state index contributed by atoms with van der Waals surface area (Å²) in [7, 11) is 1.86. The van der Waals surface area contributed by atoms with Crippen LogP contribution in [-0.4, -0.2) is 74.6 Å². The summed E-state index contributed by atoms with van der Waals surface area (Å²) in [6.45, 7) is 4.57. The van der Waals surface area contributed by atoms with Crippen molar-refractivity contribution in [2.75, 3.05) is 32.2 Å². The number of hydrogen-bond acceptors (Lipinski definition) is 8. The highest BCUT2D eigenvalue weighted by atomic mass is 16.7. The van der Waals surface area contributed by atoms with E-state index in [0.717, 1.165) is 34.4 Å². The number of amides is 2. The van der Waals surface area contributed by atoms with Gasteiger partial charge in [-0.25, -0.2) is 4.79 Å². The Hall–Kier alpha value is -4.12. The minimum Gasteiger partial charge on any atom is -0.483 e. The number of nitrogens with one attached hydrogen (secondary N) is 3. The Balaban J connectivity index is 1.26. The van der Waals surface area contributed by atoms with Crippen LogP contribution in [0.4, 0.5) is 10.5 Å². The monoisotopic (exact) mass is 631 g/mol. The van der Waals surface area contributed by atoms with Gasteiger partial charge < -0.3 is 40.0 Å². The molecule has 2 amide bonds. The van der Waals surface area contributed by atoms with Crippen molar-refractivity contribution in [2.45, 2.75) is 70.1 Å². The molecule has 0 bridgehead atoms. The van der Waals surface area contributed by atoms with Gasteiger partial charge in [-0.05, 0) is 73.9 Å². The summed E-state index contributed by atoms with van der Waals surface area (Å²) in [6, 6.07) is 22.3. The van der Waals surface area contributed by atoms with Gasteiger partial charge >= 0.3 is 6.09 Å². The summed E-state index contributed by atoms with van der Waals surface area (Å²) in [5.41, 5.74) is 4.79. The quantitative estimate of drug-likeness (QED) is 0.208. The number of aliphatic hydroxyl groups is 1. The number of rotatable bonds is 14. The van der Waals surface area contributed by atoms with Crippen molar-refractivity contribution in [1.82, 2.24) is 10.6 Å². The number of alkyl carbamates (subject to hydrolysis) is 1. The standard InChI is InChI=1S/C36H45N3O7/c1-23-16-27(37-3)17-24(2)34(23)44-22-33(41)38-28(18-25-10-6-4-7-11-25)20-31(40)30(19-26-12-8-5-9-13-26)39-36(42)46-32-21-45-35-29(32)14-15-43-35/h4-13,16-17,28-32,35,37,40H,14-15,18-22H2,1-3H3,(H,38,41)(H,39,42)/t28-,29-,30-,31-,32?,35+/m0/s1. The van der Waals surface area contributed by atoms with Crippen LogP contribution in [0.25, 0.3) is 0 Å². The van der Waals surface area contributed by atoms with E-state index >= 15 is 0 Å². The first-order valence-corrected chi connectivity index (χ1v) is 16.0. The van der Waals surface area contributed by atoms with Gasteiger partial charge in [0.2, 0.25) is 0 Å². The molecule has 2 saturated heterocycles. The SMILES string of the molecule is CNc1cc(C)c(OCC(=O)N[C@@H](Cc2ccccc2)C[C@H](O)[C@H](Cc2ccccc2)NC(=O)OC2CO[C@H]3OCC[C@@H]23)c(C)c1. The highest BCUT2D eigenvalue weighted by Gasteiger charge is 2.44. The Morgan fingerprint density at radius 3 is 2.24 bits per heavy atom. The van der Waals surface area contributed by atoms with Crippen molar-refractivity contribution in [3.05, 3.63) is 95.1 Å². The van der Waals surface area contributed by atoms with Crippen LogP contribution in [0.1, 0.15) is 35.1 Å². The zero-order valence-corrected chi connectivity index (χ0v) is 26.7. The first-order valence-electron chi connectivity index (χ1n) is 16.0. The summed E-state index contributed by atoms with van der Waals surface area (Å²) in [4.78, 5) is 26.4. The Labute approximate surface area is 270 Å². The van der Waals surface area contributed by atoms with Gasteiger partial charge in [0, 0.05) is 18.8 Å². The molecule has 2 fully saturated rings. The fourth-order valence-corrected chi connectivity index (χ4v) is 6.30. The average molecular weight is 632 g/mol. The summed E-state index contributed by atoms with van der Waals surface area (Å²) >= 11 is 0. The largest absolute Gasteiger partial charge is 0.483 e. The smallest absolute Gasteiger partial charge is 0.407 e. The van der Waals surface area contributed by atoms with Crippen molar-refractivity contribution in [2.24, 2.45) is 5.92 Å². The van der Waals surface area contributed by atoms with Crippen molar-refractivity contribution in [3.8, 4) is 5.75 Å². The van der Waals surface area contributed by atoms with Crippen LogP contribution < -0.4 is 20.7 Å². The Bertz CT molecular complexity index is 1420. The van der Waals surface area contributed by atoms with Gasteiger partial charge in [-0.2, -0.15) is 0 Å². The number of ether oxygens (including phenoxy) is 4. The lowest BCUT2D eigenvalue weighted by Crippen LogP contribution is -2.50. The molecule has 10 heteroatoms. The normalized spacial score (nSPS) is 20.7. The van der Waals surface area contributed by atoms with Crippen LogP contribution >= 0.6 is 0 Å². The summed E-state index contributed by atoms with van der Waals surface area (Å²) in [6.07, 6.45) is -0.531. The number of benzene rings is 3. The molecule has 3 aromatic rings. The second-order valence-electron chi connectivity index (χ2n) is 12.1. The van der Waals surface area contributed by atoms with Gasteiger partial charge in [0.25, 0.3) is 5.91 Å². The molecule has 0 saturated carbocycles. The van der Waals surface area contributed by atoms with Crippen LogP contribution in [0.2, 0.25) is 0 Å². The van der Waals surface area contributed by atoms with E-state index in [-0.39, 0.29) is 37.7 Å². The predicted molar refractivity (Wildman–Crippen MR) is 175 cm³/mol. The van der Waals surface area contributed by atoms with Crippen LogP contribution in [0.3, 0.4) is 0 Å². The number of fused-ring (bicyclic) bond motifs is 1.